The summed E-state index contributed by atoms with van der Waals surface area (Å²) < 4.78 is 18.5. The molecule has 2 heterocycles. The quantitative estimate of drug-likeness (QED) is 0.943. The molecule has 1 aromatic carbocycles. The minimum atomic E-state index is -0.173. The molecule has 0 amide bonds. The van der Waals surface area contributed by atoms with Crippen molar-refractivity contribution in [3.05, 3.63) is 53.1 Å². The van der Waals surface area contributed by atoms with Crippen LogP contribution in [0.2, 0.25) is 0 Å². The predicted molar refractivity (Wildman–Crippen MR) is 85.8 cm³/mol. The van der Waals surface area contributed by atoms with Crippen molar-refractivity contribution in [2.75, 3.05) is 11.9 Å². The highest BCUT2D eigenvalue weighted by atomic mass is 19.1. The van der Waals surface area contributed by atoms with E-state index >= 15 is 0 Å². The smallest absolute Gasteiger partial charge is 0.223 e. The minimum Gasteiger partial charge on any atom is -0.376 e. The molecule has 2 atom stereocenters. The van der Waals surface area contributed by atoms with Crippen molar-refractivity contribution in [2.45, 2.75) is 44.2 Å². The highest BCUT2D eigenvalue weighted by Crippen LogP contribution is 2.35. The molecule has 2 aliphatic rings. The lowest BCUT2D eigenvalue weighted by atomic mass is 9.97. The Bertz CT molecular complexity index is 689. The summed E-state index contributed by atoms with van der Waals surface area (Å²) >= 11 is 0. The number of rotatable bonds is 3. The molecule has 0 radical (unpaired) electrons. The van der Waals surface area contributed by atoms with Crippen LogP contribution in [0.3, 0.4) is 0 Å². The zero-order valence-electron chi connectivity index (χ0n) is 13.0. The van der Waals surface area contributed by atoms with E-state index in [0.717, 1.165) is 49.5 Å². The van der Waals surface area contributed by atoms with Gasteiger partial charge in [-0.25, -0.2) is 14.4 Å². The second-order valence-electron chi connectivity index (χ2n) is 6.37. The van der Waals surface area contributed by atoms with Gasteiger partial charge < -0.3 is 10.1 Å². The summed E-state index contributed by atoms with van der Waals surface area (Å²) in [5.41, 5.74) is 3.42. The Labute approximate surface area is 135 Å². The predicted octanol–water partition coefficient (Wildman–Crippen LogP) is 3.44. The van der Waals surface area contributed by atoms with Crippen LogP contribution in [0.5, 0.6) is 0 Å². The zero-order valence-corrected chi connectivity index (χ0v) is 13.0. The molecule has 1 fully saturated rings. The van der Waals surface area contributed by atoms with E-state index in [4.69, 9.17) is 4.74 Å². The second-order valence-corrected chi connectivity index (χ2v) is 6.37. The van der Waals surface area contributed by atoms with E-state index < -0.39 is 0 Å². The molecule has 23 heavy (non-hydrogen) atoms. The van der Waals surface area contributed by atoms with Gasteiger partial charge in [0.2, 0.25) is 5.95 Å². The topological polar surface area (TPSA) is 47.0 Å². The van der Waals surface area contributed by atoms with Gasteiger partial charge in [-0.3, -0.25) is 0 Å². The molecule has 0 bridgehead atoms. The van der Waals surface area contributed by atoms with Gasteiger partial charge >= 0.3 is 0 Å². The lowest BCUT2D eigenvalue weighted by Gasteiger charge is -2.18. The number of ether oxygens (including phenoxy) is 1. The third-order valence-corrected chi connectivity index (χ3v) is 4.80. The van der Waals surface area contributed by atoms with E-state index in [2.05, 4.69) is 15.3 Å². The SMILES string of the molecule is Fc1ccc(C2CCC(Nc3ncc4c(n3)CCOC4)C2)cc1. The van der Waals surface area contributed by atoms with Crippen molar-refractivity contribution in [3.8, 4) is 0 Å². The maximum Gasteiger partial charge on any atom is 0.223 e. The average molecular weight is 313 g/mol. The number of benzene rings is 1. The Morgan fingerprint density at radius 2 is 2.04 bits per heavy atom. The monoisotopic (exact) mass is 313 g/mol. The number of hydrogen-bond acceptors (Lipinski definition) is 4. The number of hydrogen-bond donors (Lipinski definition) is 1. The Balaban J connectivity index is 1.41. The molecular weight excluding hydrogens is 293 g/mol. The standard InChI is InChI=1S/C18H20FN3O/c19-15-4-1-12(2-5-15)13-3-6-16(9-13)21-18-20-10-14-11-23-8-7-17(14)22-18/h1-2,4-5,10,13,16H,3,6-9,11H2,(H,20,21,22). The van der Waals surface area contributed by atoms with Crippen molar-refractivity contribution in [3.63, 3.8) is 0 Å². The van der Waals surface area contributed by atoms with Crippen LogP contribution in [0.1, 0.15) is 42.0 Å². The third-order valence-electron chi connectivity index (χ3n) is 4.80. The van der Waals surface area contributed by atoms with Crippen molar-refractivity contribution in [2.24, 2.45) is 0 Å². The lowest BCUT2D eigenvalue weighted by Crippen LogP contribution is -2.20. The maximum atomic E-state index is 13.0. The molecule has 1 aromatic heterocycles. The van der Waals surface area contributed by atoms with Crippen LogP contribution in [-0.2, 0) is 17.8 Å². The van der Waals surface area contributed by atoms with Crippen LogP contribution >= 0.6 is 0 Å². The van der Waals surface area contributed by atoms with Crippen LogP contribution in [0.15, 0.2) is 30.5 Å². The van der Waals surface area contributed by atoms with E-state index in [0.29, 0.717) is 18.6 Å². The minimum absolute atomic E-state index is 0.173. The summed E-state index contributed by atoms with van der Waals surface area (Å²) in [4.78, 5) is 9.05. The summed E-state index contributed by atoms with van der Waals surface area (Å²) in [5, 5.41) is 3.46. The molecular formula is C18H20FN3O. The van der Waals surface area contributed by atoms with E-state index in [-0.39, 0.29) is 5.82 Å². The number of aromatic nitrogens is 2. The van der Waals surface area contributed by atoms with Gasteiger partial charge in [0, 0.05) is 24.2 Å². The number of nitrogens with zero attached hydrogens (tertiary/aromatic N) is 2. The first-order valence-corrected chi connectivity index (χ1v) is 8.22. The first-order valence-electron chi connectivity index (χ1n) is 8.22. The summed E-state index contributed by atoms with van der Waals surface area (Å²) in [5.74, 6) is 1.03. The Morgan fingerprint density at radius 1 is 1.17 bits per heavy atom. The molecule has 2 aromatic rings. The average Bonchev–Trinajstić information content (AvgIpc) is 3.04. The number of halogens is 1. The van der Waals surface area contributed by atoms with E-state index in [9.17, 15) is 4.39 Å². The fraction of sp³-hybridized carbons (Fsp3) is 0.444. The molecule has 1 saturated carbocycles. The highest BCUT2D eigenvalue weighted by Gasteiger charge is 2.26. The Hall–Kier alpha value is -2.01. The molecule has 1 N–H and O–H groups in total. The van der Waals surface area contributed by atoms with E-state index in [1.807, 2.05) is 18.3 Å². The fourth-order valence-corrected chi connectivity index (χ4v) is 3.53. The van der Waals surface area contributed by atoms with Crippen LogP contribution in [0.4, 0.5) is 10.3 Å². The van der Waals surface area contributed by atoms with Crippen LogP contribution in [-0.4, -0.2) is 22.6 Å². The largest absolute Gasteiger partial charge is 0.376 e. The lowest BCUT2D eigenvalue weighted by molar-refractivity contribution is 0.109. The molecule has 2 unspecified atom stereocenters. The maximum absolute atomic E-state index is 13.0. The zero-order chi connectivity index (χ0) is 15.6. The van der Waals surface area contributed by atoms with Gasteiger partial charge in [-0.05, 0) is 42.9 Å². The summed E-state index contributed by atoms with van der Waals surface area (Å²) in [6.07, 6.45) is 5.97. The van der Waals surface area contributed by atoms with Crippen molar-refractivity contribution in [1.82, 2.24) is 9.97 Å². The highest BCUT2D eigenvalue weighted by molar-refractivity contribution is 5.32. The van der Waals surface area contributed by atoms with Crippen molar-refractivity contribution < 1.29 is 9.13 Å². The van der Waals surface area contributed by atoms with Crippen molar-refractivity contribution >= 4 is 5.95 Å². The molecule has 1 aliphatic carbocycles. The molecule has 120 valence electrons. The summed E-state index contributed by atoms with van der Waals surface area (Å²) in [6.45, 7) is 1.35. The van der Waals surface area contributed by atoms with Gasteiger partial charge in [0.25, 0.3) is 0 Å². The molecule has 4 nitrogen and oxygen atoms in total. The van der Waals surface area contributed by atoms with Gasteiger partial charge in [0.1, 0.15) is 5.82 Å². The van der Waals surface area contributed by atoms with Crippen molar-refractivity contribution in [1.29, 1.82) is 0 Å². The number of fused-ring (bicyclic) bond motifs is 1. The molecule has 0 spiro atoms. The summed E-state index contributed by atoms with van der Waals surface area (Å²) in [6, 6.07) is 7.27. The first-order chi connectivity index (χ1) is 11.3. The van der Waals surface area contributed by atoms with Gasteiger partial charge in [-0.1, -0.05) is 12.1 Å². The molecule has 4 rings (SSSR count). The molecule has 1 aliphatic heterocycles. The van der Waals surface area contributed by atoms with Crippen LogP contribution < -0.4 is 5.32 Å². The van der Waals surface area contributed by atoms with Gasteiger partial charge in [-0.2, -0.15) is 0 Å². The van der Waals surface area contributed by atoms with Gasteiger partial charge in [0.15, 0.2) is 0 Å². The van der Waals surface area contributed by atoms with E-state index in [1.54, 1.807) is 12.1 Å². The Kier molecular flexibility index (Phi) is 3.95. The van der Waals surface area contributed by atoms with E-state index in [1.165, 1.54) is 5.56 Å². The van der Waals surface area contributed by atoms with Gasteiger partial charge in [0.05, 0.1) is 18.9 Å². The molecule has 0 saturated heterocycles. The van der Waals surface area contributed by atoms with Crippen LogP contribution in [0, 0.1) is 5.82 Å². The molecule has 5 heteroatoms. The number of nitrogens with one attached hydrogen (secondary N) is 1. The normalized spacial score (nSPS) is 23.5. The second kappa shape index (κ2) is 6.24. The summed E-state index contributed by atoms with van der Waals surface area (Å²) in [7, 11) is 0. The fourth-order valence-electron chi connectivity index (χ4n) is 3.53. The number of anilines is 1. The van der Waals surface area contributed by atoms with Gasteiger partial charge in [-0.15, -0.1) is 0 Å². The Morgan fingerprint density at radius 3 is 2.91 bits per heavy atom. The first kappa shape index (κ1) is 14.6. The van der Waals surface area contributed by atoms with Crippen LogP contribution in [0.25, 0.3) is 0 Å². The third kappa shape index (κ3) is 3.20.